The molecule has 0 bridgehead atoms. The molecular formula is C14H30O5. The molecule has 0 fully saturated rings. The molecule has 5 nitrogen and oxygen atoms in total. The zero-order valence-electron chi connectivity index (χ0n) is 12.7. The standard InChI is InChI=1S/C14H30O5/c1-11(17-3)9-13(15)5-7-19-8-6-14(16)10-12(2)18-4/h11-16H,5-10H2,1-4H3. The lowest BCUT2D eigenvalue weighted by molar-refractivity contribution is 0.0170. The second-order valence-corrected chi connectivity index (χ2v) is 5.06. The molecule has 0 amide bonds. The third kappa shape index (κ3) is 11.3. The van der Waals surface area contributed by atoms with Crippen molar-refractivity contribution in [2.75, 3.05) is 27.4 Å². The highest BCUT2D eigenvalue weighted by molar-refractivity contribution is 4.62. The number of ether oxygens (including phenoxy) is 3. The van der Waals surface area contributed by atoms with Crippen LogP contribution in [0.2, 0.25) is 0 Å². The van der Waals surface area contributed by atoms with Crippen LogP contribution in [-0.2, 0) is 14.2 Å². The first-order chi connectivity index (χ1) is 8.99. The van der Waals surface area contributed by atoms with Gasteiger partial charge in [-0.3, -0.25) is 0 Å². The van der Waals surface area contributed by atoms with E-state index in [1.54, 1.807) is 14.2 Å². The van der Waals surface area contributed by atoms with Crippen molar-refractivity contribution in [3.8, 4) is 0 Å². The van der Waals surface area contributed by atoms with E-state index in [0.717, 1.165) is 0 Å². The van der Waals surface area contributed by atoms with Crippen LogP contribution in [0.15, 0.2) is 0 Å². The Hall–Kier alpha value is -0.200. The van der Waals surface area contributed by atoms with E-state index < -0.39 is 12.2 Å². The number of hydrogen-bond acceptors (Lipinski definition) is 5. The van der Waals surface area contributed by atoms with Crippen LogP contribution in [0.1, 0.15) is 39.5 Å². The molecule has 0 aliphatic heterocycles. The third-order valence-corrected chi connectivity index (χ3v) is 3.20. The average Bonchev–Trinajstić information content (AvgIpc) is 2.37. The topological polar surface area (TPSA) is 68.2 Å². The van der Waals surface area contributed by atoms with Gasteiger partial charge in [0.25, 0.3) is 0 Å². The van der Waals surface area contributed by atoms with E-state index in [-0.39, 0.29) is 12.2 Å². The van der Waals surface area contributed by atoms with Gasteiger partial charge in [0.15, 0.2) is 0 Å². The Kier molecular flexibility index (Phi) is 11.5. The Bertz CT molecular complexity index is 180. The number of rotatable bonds is 12. The molecule has 0 aromatic rings. The second-order valence-electron chi connectivity index (χ2n) is 5.06. The first-order valence-electron chi connectivity index (χ1n) is 6.99. The molecule has 0 rings (SSSR count). The molecule has 4 unspecified atom stereocenters. The summed E-state index contributed by atoms with van der Waals surface area (Å²) in [6.45, 7) is 4.86. The van der Waals surface area contributed by atoms with Gasteiger partial charge in [0.2, 0.25) is 0 Å². The van der Waals surface area contributed by atoms with Crippen LogP contribution in [0, 0.1) is 0 Å². The zero-order chi connectivity index (χ0) is 14.7. The summed E-state index contributed by atoms with van der Waals surface area (Å²) < 4.78 is 15.6. The molecule has 0 aliphatic rings. The molecule has 0 saturated carbocycles. The molecule has 19 heavy (non-hydrogen) atoms. The van der Waals surface area contributed by atoms with Gasteiger partial charge in [-0.15, -0.1) is 0 Å². The fourth-order valence-corrected chi connectivity index (χ4v) is 1.74. The van der Waals surface area contributed by atoms with Crippen LogP contribution >= 0.6 is 0 Å². The molecule has 0 aliphatic carbocycles. The van der Waals surface area contributed by atoms with E-state index >= 15 is 0 Å². The van der Waals surface area contributed by atoms with Crippen LogP contribution in [-0.4, -0.2) is 62.1 Å². The highest BCUT2D eigenvalue weighted by Gasteiger charge is 2.11. The van der Waals surface area contributed by atoms with Crippen LogP contribution in [0.5, 0.6) is 0 Å². The van der Waals surface area contributed by atoms with Crippen LogP contribution in [0.3, 0.4) is 0 Å². The summed E-state index contributed by atoms with van der Waals surface area (Å²) in [5.74, 6) is 0. The van der Waals surface area contributed by atoms with Crippen molar-refractivity contribution >= 4 is 0 Å². The highest BCUT2D eigenvalue weighted by Crippen LogP contribution is 2.07. The van der Waals surface area contributed by atoms with E-state index in [2.05, 4.69) is 0 Å². The lowest BCUT2D eigenvalue weighted by atomic mass is 10.1. The quantitative estimate of drug-likeness (QED) is 0.528. The smallest absolute Gasteiger partial charge is 0.0586 e. The molecular weight excluding hydrogens is 248 g/mol. The van der Waals surface area contributed by atoms with E-state index in [4.69, 9.17) is 14.2 Å². The van der Waals surface area contributed by atoms with Gasteiger partial charge < -0.3 is 24.4 Å². The molecule has 0 aromatic carbocycles. The van der Waals surface area contributed by atoms with Crippen LogP contribution in [0.4, 0.5) is 0 Å². The predicted molar refractivity (Wildman–Crippen MR) is 74.2 cm³/mol. The van der Waals surface area contributed by atoms with Gasteiger partial charge >= 0.3 is 0 Å². The van der Waals surface area contributed by atoms with E-state index in [0.29, 0.717) is 38.9 Å². The van der Waals surface area contributed by atoms with Gasteiger partial charge in [-0.1, -0.05) is 0 Å². The number of aliphatic hydroxyl groups excluding tert-OH is 2. The summed E-state index contributed by atoms with van der Waals surface area (Å²) in [5, 5.41) is 19.4. The number of hydrogen-bond donors (Lipinski definition) is 2. The molecule has 116 valence electrons. The minimum atomic E-state index is -0.395. The van der Waals surface area contributed by atoms with Crippen molar-refractivity contribution < 1.29 is 24.4 Å². The third-order valence-electron chi connectivity index (χ3n) is 3.20. The van der Waals surface area contributed by atoms with E-state index in [9.17, 15) is 10.2 Å². The van der Waals surface area contributed by atoms with Gasteiger partial charge in [-0.25, -0.2) is 0 Å². The lowest BCUT2D eigenvalue weighted by Gasteiger charge is -2.16. The van der Waals surface area contributed by atoms with Crippen LogP contribution < -0.4 is 0 Å². The minimum absolute atomic E-state index is 0.0624. The van der Waals surface area contributed by atoms with E-state index in [1.165, 1.54) is 0 Å². The maximum absolute atomic E-state index is 9.68. The van der Waals surface area contributed by atoms with Gasteiger partial charge in [0, 0.05) is 27.4 Å². The fraction of sp³-hybridized carbons (Fsp3) is 1.00. The highest BCUT2D eigenvalue weighted by atomic mass is 16.5. The lowest BCUT2D eigenvalue weighted by Crippen LogP contribution is -2.20. The normalized spacial score (nSPS) is 18.0. The van der Waals surface area contributed by atoms with Crippen molar-refractivity contribution in [1.29, 1.82) is 0 Å². The fourth-order valence-electron chi connectivity index (χ4n) is 1.74. The number of methoxy groups -OCH3 is 2. The molecule has 0 saturated heterocycles. The Balaban J connectivity index is 3.44. The van der Waals surface area contributed by atoms with Crippen molar-refractivity contribution in [3.63, 3.8) is 0 Å². The first kappa shape index (κ1) is 18.8. The molecule has 0 aromatic heterocycles. The zero-order valence-corrected chi connectivity index (χ0v) is 12.7. The predicted octanol–water partition coefficient (Wildman–Crippen LogP) is 1.35. The van der Waals surface area contributed by atoms with Gasteiger partial charge in [0.05, 0.1) is 24.4 Å². The van der Waals surface area contributed by atoms with E-state index in [1.807, 2.05) is 13.8 Å². The Morgan fingerprint density at radius 3 is 1.47 bits per heavy atom. The summed E-state index contributed by atoms with van der Waals surface area (Å²) in [5.41, 5.74) is 0. The Morgan fingerprint density at radius 1 is 0.789 bits per heavy atom. The van der Waals surface area contributed by atoms with Crippen molar-refractivity contribution in [3.05, 3.63) is 0 Å². The summed E-state index contributed by atoms with van der Waals surface area (Å²) in [6.07, 6.45) is 1.76. The monoisotopic (exact) mass is 278 g/mol. The first-order valence-corrected chi connectivity index (χ1v) is 6.99. The van der Waals surface area contributed by atoms with Crippen molar-refractivity contribution in [1.82, 2.24) is 0 Å². The minimum Gasteiger partial charge on any atom is -0.393 e. The second kappa shape index (κ2) is 11.6. The van der Waals surface area contributed by atoms with Gasteiger partial charge in [-0.05, 0) is 39.5 Å². The Morgan fingerprint density at radius 2 is 1.16 bits per heavy atom. The van der Waals surface area contributed by atoms with Gasteiger partial charge in [-0.2, -0.15) is 0 Å². The summed E-state index contributed by atoms with van der Waals surface area (Å²) in [4.78, 5) is 0. The molecule has 2 N–H and O–H groups in total. The summed E-state index contributed by atoms with van der Waals surface area (Å²) in [7, 11) is 3.27. The van der Waals surface area contributed by atoms with Crippen molar-refractivity contribution in [2.24, 2.45) is 0 Å². The van der Waals surface area contributed by atoms with Crippen molar-refractivity contribution in [2.45, 2.75) is 63.9 Å². The summed E-state index contributed by atoms with van der Waals surface area (Å²) >= 11 is 0. The Labute approximate surface area is 116 Å². The molecule has 0 heterocycles. The largest absolute Gasteiger partial charge is 0.393 e. The molecule has 0 radical (unpaired) electrons. The number of aliphatic hydroxyl groups is 2. The summed E-state index contributed by atoms with van der Waals surface area (Å²) in [6, 6.07) is 0. The van der Waals surface area contributed by atoms with Gasteiger partial charge in [0.1, 0.15) is 0 Å². The SMILES string of the molecule is COC(C)CC(O)CCOCCC(O)CC(C)OC. The maximum Gasteiger partial charge on any atom is 0.0586 e. The molecule has 4 atom stereocenters. The molecule has 5 heteroatoms. The average molecular weight is 278 g/mol. The molecule has 0 spiro atoms. The maximum atomic E-state index is 9.68. The van der Waals surface area contributed by atoms with Crippen LogP contribution in [0.25, 0.3) is 0 Å².